The first kappa shape index (κ1) is 6.19. The Bertz CT molecular complexity index is 179. The second-order valence-electron chi connectivity index (χ2n) is 1.61. The Balaban J connectivity index is 2.90. The van der Waals surface area contributed by atoms with Gasteiger partial charge in [0.25, 0.3) is 0 Å². The summed E-state index contributed by atoms with van der Waals surface area (Å²) < 4.78 is 34.9. The molecule has 0 aromatic carbocycles. The summed E-state index contributed by atoms with van der Waals surface area (Å²) in [7, 11) is 0. The molecular formula is C3H3BF3N2-. The van der Waals surface area contributed by atoms with Gasteiger partial charge in [0.1, 0.15) is 0 Å². The third-order valence-corrected chi connectivity index (χ3v) is 0.897. The van der Waals surface area contributed by atoms with E-state index >= 15 is 0 Å². The summed E-state index contributed by atoms with van der Waals surface area (Å²) in [5.74, 6) is 0. The Hall–Kier alpha value is -0.935. The number of aromatic nitrogens is 2. The third kappa shape index (κ3) is 1.25. The zero-order chi connectivity index (χ0) is 6.91. The molecule has 0 radical (unpaired) electrons. The van der Waals surface area contributed by atoms with Crippen LogP contribution < -0.4 is 5.46 Å². The van der Waals surface area contributed by atoms with Crippen LogP contribution in [0.15, 0.2) is 12.4 Å². The molecule has 0 amide bonds. The van der Waals surface area contributed by atoms with Crippen LogP contribution in [0.5, 0.6) is 0 Å². The van der Waals surface area contributed by atoms with E-state index in [4.69, 9.17) is 0 Å². The molecule has 0 saturated carbocycles. The molecule has 9 heavy (non-hydrogen) atoms. The van der Waals surface area contributed by atoms with Gasteiger partial charge in [-0.15, -0.1) is 0 Å². The van der Waals surface area contributed by atoms with Crippen molar-refractivity contribution in [2.24, 2.45) is 0 Å². The molecule has 1 aromatic heterocycles. The van der Waals surface area contributed by atoms with Crippen molar-refractivity contribution >= 4 is 12.4 Å². The SMILES string of the molecule is F[B-](F)(F)c1cn[nH]c1. The maximum atomic E-state index is 11.6. The minimum absolute atomic E-state index is 0.685. The molecule has 0 fully saturated rings. The quantitative estimate of drug-likeness (QED) is 0.556. The van der Waals surface area contributed by atoms with Crippen LogP contribution >= 0.6 is 0 Å². The fourth-order valence-electron chi connectivity index (χ4n) is 0.440. The Kier molecular flexibility index (Phi) is 1.23. The second-order valence-corrected chi connectivity index (χ2v) is 1.61. The van der Waals surface area contributed by atoms with Crippen molar-refractivity contribution in [3.05, 3.63) is 12.4 Å². The van der Waals surface area contributed by atoms with Gasteiger partial charge < -0.3 is 12.9 Å². The van der Waals surface area contributed by atoms with Crippen molar-refractivity contribution in [2.75, 3.05) is 0 Å². The molecule has 1 N–H and O–H groups in total. The van der Waals surface area contributed by atoms with Crippen molar-refractivity contribution < 1.29 is 12.9 Å². The van der Waals surface area contributed by atoms with E-state index in [9.17, 15) is 12.9 Å². The lowest BCUT2D eigenvalue weighted by atomic mass is 9.83. The fourth-order valence-corrected chi connectivity index (χ4v) is 0.440. The monoisotopic (exact) mass is 135 g/mol. The number of aromatic amines is 1. The van der Waals surface area contributed by atoms with Gasteiger partial charge in [0, 0.05) is 6.20 Å². The molecular weight excluding hydrogens is 132 g/mol. The lowest BCUT2D eigenvalue weighted by molar-refractivity contribution is 0.501. The van der Waals surface area contributed by atoms with E-state index in [1.807, 2.05) is 0 Å². The first-order chi connectivity index (χ1) is 4.11. The maximum absolute atomic E-state index is 11.6. The molecule has 0 spiro atoms. The maximum Gasteiger partial charge on any atom is 0.512 e. The summed E-state index contributed by atoms with van der Waals surface area (Å²) >= 11 is 0. The van der Waals surface area contributed by atoms with Gasteiger partial charge >= 0.3 is 6.98 Å². The number of hydrogen-bond acceptors (Lipinski definition) is 1. The smallest absolute Gasteiger partial charge is 0.445 e. The van der Waals surface area contributed by atoms with Crippen molar-refractivity contribution in [2.45, 2.75) is 0 Å². The van der Waals surface area contributed by atoms with E-state index in [2.05, 4.69) is 10.2 Å². The standard InChI is InChI=1S/C3H3BF3N2/c5-4(6,7)3-1-8-9-2-3/h1-2H,(H,8,9)/q-1. The molecule has 0 aliphatic carbocycles. The van der Waals surface area contributed by atoms with Gasteiger partial charge in [0.15, 0.2) is 0 Å². The molecule has 2 nitrogen and oxygen atoms in total. The predicted octanol–water partition coefficient (Wildman–Crippen LogP) is 0.464. The molecule has 0 unspecified atom stereocenters. The van der Waals surface area contributed by atoms with Crippen LogP contribution in [-0.4, -0.2) is 17.2 Å². The van der Waals surface area contributed by atoms with Gasteiger partial charge in [-0.3, -0.25) is 5.10 Å². The second kappa shape index (κ2) is 1.79. The minimum Gasteiger partial charge on any atom is -0.445 e. The largest absolute Gasteiger partial charge is 0.512 e. The molecule has 1 aromatic rings. The molecule has 1 heterocycles. The normalized spacial score (nSPS) is 11.9. The molecule has 0 saturated heterocycles. The van der Waals surface area contributed by atoms with Crippen molar-refractivity contribution in [3.63, 3.8) is 0 Å². The first-order valence-electron chi connectivity index (χ1n) is 2.29. The fraction of sp³-hybridized carbons (Fsp3) is 0. The highest BCUT2D eigenvalue weighted by Gasteiger charge is 2.25. The Morgan fingerprint density at radius 3 is 2.33 bits per heavy atom. The molecule has 0 aliphatic heterocycles. The van der Waals surface area contributed by atoms with E-state index < -0.39 is 12.4 Å². The van der Waals surface area contributed by atoms with Gasteiger partial charge in [-0.25, -0.2) is 0 Å². The van der Waals surface area contributed by atoms with Gasteiger partial charge in [0.2, 0.25) is 0 Å². The Morgan fingerprint density at radius 1 is 1.44 bits per heavy atom. The van der Waals surface area contributed by atoms with Gasteiger partial charge in [0.05, 0.1) is 0 Å². The topological polar surface area (TPSA) is 28.7 Å². The minimum atomic E-state index is -4.86. The molecule has 0 bridgehead atoms. The van der Waals surface area contributed by atoms with E-state index in [0.717, 1.165) is 12.4 Å². The van der Waals surface area contributed by atoms with Gasteiger partial charge in [-0.1, -0.05) is 5.46 Å². The number of nitrogens with one attached hydrogen (secondary N) is 1. The van der Waals surface area contributed by atoms with E-state index in [1.54, 1.807) is 0 Å². The zero-order valence-electron chi connectivity index (χ0n) is 4.31. The highest BCUT2D eigenvalue weighted by molar-refractivity contribution is 6.73. The van der Waals surface area contributed by atoms with E-state index in [-0.39, 0.29) is 0 Å². The van der Waals surface area contributed by atoms with Crippen LogP contribution in [-0.2, 0) is 0 Å². The van der Waals surface area contributed by atoms with Crippen molar-refractivity contribution in [1.29, 1.82) is 0 Å². The number of nitrogens with zero attached hydrogens (tertiary/aromatic N) is 1. The predicted molar refractivity (Wildman–Crippen MR) is 27.3 cm³/mol. The summed E-state index contributed by atoms with van der Waals surface area (Å²) in [6.07, 6.45) is 1.60. The molecule has 50 valence electrons. The average Bonchev–Trinajstić information content (AvgIpc) is 2.08. The highest BCUT2D eigenvalue weighted by atomic mass is 19.4. The number of H-pyrrole nitrogens is 1. The highest BCUT2D eigenvalue weighted by Crippen LogP contribution is 2.06. The zero-order valence-corrected chi connectivity index (χ0v) is 4.31. The van der Waals surface area contributed by atoms with Crippen LogP contribution in [0.1, 0.15) is 0 Å². The summed E-state index contributed by atoms with van der Waals surface area (Å²) in [6, 6.07) is 0. The van der Waals surface area contributed by atoms with E-state index in [1.165, 1.54) is 0 Å². The summed E-state index contributed by atoms with van der Waals surface area (Å²) in [5.41, 5.74) is -0.685. The number of hydrogen-bond donors (Lipinski definition) is 1. The average molecular weight is 135 g/mol. The molecule has 0 aliphatic rings. The van der Waals surface area contributed by atoms with Crippen LogP contribution in [0.25, 0.3) is 0 Å². The Morgan fingerprint density at radius 2 is 2.11 bits per heavy atom. The number of halogens is 3. The van der Waals surface area contributed by atoms with Crippen molar-refractivity contribution in [1.82, 2.24) is 10.2 Å². The van der Waals surface area contributed by atoms with Crippen LogP contribution in [0.2, 0.25) is 0 Å². The van der Waals surface area contributed by atoms with Gasteiger partial charge in [-0.2, -0.15) is 5.10 Å². The van der Waals surface area contributed by atoms with Crippen LogP contribution in [0, 0.1) is 0 Å². The Labute approximate surface area is 49.1 Å². The van der Waals surface area contributed by atoms with Gasteiger partial charge in [-0.05, 0) is 6.20 Å². The summed E-state index contributed by atoms with van der Waals surface area (Å²) in [6.45, 7) is -4.86. The summed E-state index contributed by atoms with van der Waals surface area (Å²) in [5, 5.41) is 5.24. The van der Waals surface area contributed by atoms with Crippen molar-refractivity contribution in [3.8, 4) is 0 Å². The van der Waals surface area contributed by atoms with Crippen LogP contribution in [0.4, 0.5) is 12.9 Å². The molecule has 0 atom stereocenters. The number of rotatable bonds is 1. The van der Waals surface area contributed by atoms with E-state index in [0.29, 0.717) is 0 Å². The third-order valence-electron chi connectivity index (χ3n) is 0.897. The molecule has 1 rings (SSSR count). The first-order valence-corrected chi connectivity index (χ1v) is 2.29. The lowest BCUT2D eigenvalue weighted by Crippen LogP contribution is -2.32. The van der Waals surface area contributed by atoms with Crippen LogP contribution in [0.3, 0.4) is 0 Å². The lowest BCUT2D eigenvalue weighted by Gasteiger charge is -2.09. The molecule has 6 heteroatoms. The summed E-state index contributed by atoms with van der Waals surface area (Å²) in [4.78, 5) is 0.